The Labute approximate surface area is 227 Å². The van der Waals surface area contributed by atoms with Gasteiger partial charge in [0.05, 0.1) is 10.0 Å². The number of anilines is 1. The Morgan fingerprint density at radius 2 is 1.76 bits per heavy atom. The van der Waals surface area contributed by atoms with Gasteiger partial charge < -0.3 is 23.7 Å². The van der Waals surface area contributed by atoms with Gasteiger partial charge in [-0.15, -0.1) is 0 Å². The molecule has 1 aromatic carbocycles. The van der Waals surface area contributed by atoms with Gasteiger partial charge in [-0.3, -0.25) is 4.72 Å². The van der Waals surface area contributed by atoms with Crippen molar-refractivity contribution >= 4 is 32.0 Å². The van der Waals surface area contributed by atoms with E-state index in [0.717, 1.165) is 17.3 Å². The van der Waals surface area contributed by atoms with E-state index in [1.165, 1.54) is 6.33 Å². The number of aromatic nitrogens is 4. The molecule has 0 bridgehead atoms. The van der Waals surface area contributed by atoms with E-state index in [0.29, 0.717) is 42.4 Å². The third-order valence-corrected chi connectivity index (χ3v) is 7.18. The van der Waals surface area contributed by atoms with E-state index in [9.17, 15) is 8.42 Å². The van der Waals surface area contributed by atoms with E-state index in [-0.39, 0.29) is 43.6 Å². The lowest BCUT2D eigenvalue weighted by Gasteiger charge is -2.22. The maximum atomic E-state index is 12.9. The Hall–Kier alpha value is -3.27. The fourth-order valence-electron chi connectivity index (χ4n) is 3.86. The van der Waals surface area contributed by atoms with Crippen LogP contribution in [0.1, 0.15) is 12.8 Å². The number of ether oxygens (including phenoxy) is 5. The monoisotopic (exact) mass is 608 g/mol. The minimum atomic E-state index is -3.95. The Balaban J connectivity index is 1.34. The van der Waals surface area contributed by atoms with Crippen LogP contribution in [-0.4, -0.2) is 68.1 Å². The minimum Gasteiger partial charge on any atom is -0.473 e. The SMILES string of the molecule is O=S(=O)(NCC1CCOCC1)Nc1ncnc(OCCOc2ncc(Br)cn2)c1-c1ccc2c(c1)OCO2. The second-order valence-electron chi connectivity index (χ2n) is 8.36. The number of benzene rings is 1. The predicted octanol–water partition coefficient (Wildman–Crippen LogP) is 2.56. The number of fused-ring (bicyclic) bond motifs is 1. The average Bonchev–Trinajstić information content (AvgIpc) is 3.40. The van der Waals surface area contributed by atoms with Crippen molar-refractivity contribution in [3.8, 4) is 34.5 Å². The molecule has 15 heteroatoms. The molecule has 0 atom stereocenters. The summed E-state index contributed by atoms with van der Waals surface area (Å²) in [5.74, 6) is 1.50. The molecule has 1 saturated heterocycles. The molecule has 2 aliphatic heterocycles. The predicted molar refractivity (Wildman–Crippen MR) is 138 cm³/mol. The van der Waals surface area contributed by atoms with Crippen molar-refractivity contribution in [2.75, 3.05) is 44.5 Å². The van der Waals surface area contributed by atoms with Crippen LogP contribution in [0, 0.1) is 5.92 Å². The van der Waals surface area contributed by atoms with Gasteiger partial charge in [0.15, 0.2) is 17.3 Å². The highest BCUT2D eigenvalue weighted by Gasteiger charge is 2.24. The highest BCUT2D eigenvalue weighted by molar-refractivity contribution is 9.10. The first-order valence-electron chi connectivity index (χ1n) is 11.8. The first-order valence-corrected chi connectivity index (χ1v) is 14.1. The van der Waals surface area contributed by atoms with Gasteiger partial charge in [-0.1, -0.05) is 6.07 Å². The molecular formula is C23H25BrN6O7S. The van der Waals surface area contributed by atoms with Crippen molar-refractivity contribution in [2.45, 2.75) is 12.8 Å². The zero-order valence-electron chi connectivity index (χ0n) is 20.1. The van der Waals surface area contributed by atoms with E-state index in [1.807, 2.05) is 0 Å². The zero-order valence-corrected chi connectivity index (χ0v) is 22.5. The molecule has 0 radical (unpaired) electrons. The van der Waals surface area contributed by atoms with E-state index < -0.39 is 10.2 Å². The molecule has 0 amide bonds. The maximum absolute atomic E-state index is 12.9. The molecule has 2 aromatic heterocycles. The summed E-state index contributed by atoms with van der Waals surface area (Å²) >= 11 is 3.27. The number of rotatable bonds is 11. The lowest BCUT2D eigenvalue weighted by molar-refractivity contribution is 0.0678. The first-order chi connectivity index (χ1) is 18.5. The van der Waals surface area contributed by atoms with Gasteiger partial charge in [-0.2, -0.15) is 13.1 Å². The van der Waals surface area contributed by atoms with E-state index in [4.69, 9.17) is 23.7 Å². The molecule has 13 nitrogen and oxygen atoms in total. The topological polar surface area (TPSA) is 156 Å². The molecule has 5 rings (SSSR count). The Morgan fingerprint density at radius 1 is 1.00 bits per heavy atom. The zero-order chi connectivity index (χ0) is 26.4. The number of halogens is 1. The fourth-order valence-corrected chi connectivity index (χ4v) is 5.00. The van der Waals surface area contributed by atoms with E-state index in [2.05, 4.69) is 45.3 Å². The van der Waals surface area contributed by atoms with Crippen molar-refractivity contribution in [3.05, 3.63) is 41.4 Å². The summed E-state index contributed by atoms with van der Waals surface area (Å²) in [6.07, 6.45) is 5.95. The van der Waals surface area contributed by atoms with Gasteiger partial charge in [-0.25, -0.2) is 19.9 Å². The largest absolute Gasteiger partial charge is 0.473 e. The molecule has 0 aliphatic carbocycles. The van der Waals surface area contributed by atoms with Crippen LogP contribution in [0.2, 0.25) is 0 Å². The van der Waals surface area contributed by atoms with Crippen LogP contribution in [-0.2, 0) is 14.9 Å². The number of nitrogens with one attached hydrogen (secondary N) is 2. The third kappa shape index (κ3) is 6.78. The molecule has 2 N–H and O–H groups in total. The molecule has 202 valence electrons. The average molecular weight is 609 g/mol. The molecule has 0 unspecified atom stereocenters. The summed E-state index contributed by atoms with van der Waals surface area (Å²) in [4.78, 5) is 16.5. The summed E-state index contributed by atoms with van der Waals surface area (Å²) in [5.41, 5.74) is 0.909. The van der Waals surface area contributed by atoms with Gasteiger partial charge in [-0.05, 0) is 52.4 Å². The van der Waals surface area contributed by atoms with Gasteiger partial charge >= 0.3 is 6.01 Å². The summed E-state index contributed by atoms with van der Waals surface area (Å²) in [6, 6.07) is 5.38. The highest BCUT2D eigenvalue weighted by Crippen LogP contribution is 2.40. The lowest BCUT2D eigenvalue weighted by atomic mass is 10.0. The standard InChI is InChI=1S/C23H25BrN6O7S/c24-17-11-25-23(26-12-17)35-8-7-34-22-20(16-1-2-18-19(9-16)37-14-36-18)21(27-13-28-22)30-38(31,32)29-10-15-3-5-33-6-4-15/h1-2,9,11-13,15,29H,3-8,10,14H2,(H,27,28,30). The van der Waals surface area contributed by atoms with Crippen molar-refractivity contribution in [3.63, 3.8) is 0 Å². The number of hydrogen-bond acceptors (Lipinski definition) is 11. The molecule has 2 aliphatic rings. The van der Waals surface area contributed by atoms with Gasteiger partial charge in [0.2, 0.25) is 12.7 Å². The number of hydrogen-bond donors (Lipinski definition) is 2. The van der Waals surface area contributed by atoms with Crippen molar-refractivity contribution in [1.82, 2.24) is 24.7 Å². The summed E-state index contributed by atoms with van der Waals surface area (Å²) < 4.78 is 59.4. The van der Waals surface area contributed by atoms with E-state index >= 15 is 0 Å². The molecule has 4 heterocycles. The Morgan fingerprint density at radius 3 is 2.58 bits per heavy atom. The van der Waals surface area contributed by atoms with Gasteiger partial charge in [0, 0.05) is 32.2 Å². The molecule has 0 spiro atoms. The Kier molecular flexibility index (Phi) is 8.36. The summed E-state index contributed by atoms with van der Waals surface area (Å²) in [6.45, 7) is 1.85. The van der Waals surface area contributed by atoms with Crippen molar-refractivity contribution in [2.24, 2.45) is 5.92 Å². The first kappa shape index (κ1) is 26.3. The normalized spacial score (nSPS) is 15.3. The summed E-state index contributed by atoms with van der Waals surface area (Å²) in [7, 11) is -3.95. The van der Waals surface area contributed by atoms with Crippen LogP contribution in [0.4, 0.5) is 5.82 Å². The van der Waals surface area contributed by atoms with Crippen LogP contribution in [0.3, 0.4) is 0 Å². The molecule has 0 saturated carbocycles. The lowest BCUT2D eigenvalue weighted by Crippen LogP contribution is -2.36. The van der Waals surface area contributed by atoms with Crippen LogP contribution in [0.15, 0.2) is 41.4 Å². The highest BCUT2D eigenvalue weighted by atomic mass is 79.9. The van der Waals surface area contributed by atoms with E-state index in [1.54, 1.807) is 30.6 Å². The fraction of sp³-hybridized carbons (Fsp3) is 0.391. The van der Waals surface area contributed by atoms with Crippen LogP contribution in [0.5, 0.6) is 23.4 Å². The maximum Gasteiger partial charge on any atom is 0.316 e. The van der Waals surface area contributed by atoms with Crippen LogP contribution in [0.25, 0.3) is 11.1 Å². The smallest absolute Gasteiger partial charge is 0.316 e. The summed E-state index contributed by atoms with van der Waals surface area (Å²) in [5, 5.41) is 0. The van der Waals surface area contributed by atoms with Crippen LogP contribution < -0.4 is 28.4 Å². The molecular weight excluding hydrogens is 584 g/mol. The van der Waals surface area contributed by atoms with Crippen molar-refractivity contribution in [1.29, 1.82) is 0 Å². The quantitative estimate of drug-likeness (QED) is 0.308. The van der Waals surface area contributed by atoms with Gasteiger partial charge in [0.25, 0.3) is 10.2 Å². The second kappa shape index (κ2) is 12.1. The van der Waals surface area contributed by atoms with Crippen molar-refractivity contribution < 1.29 is 32.1 Å². The molecule has 38 heavy (non-hydrogen) atoms. The third-order valence-electron chi connectivity index (χ3n) is 5.76. The number of nitrogens with zero attached hydrogens (tertiary/aromatic N) is 4. The second-order valence-corrected chi connectivity index (χ2v) is 10.8. The molecule has 3 aromatic rings. The van der Waals surface area contributed by atoms with Gasteiger partial charge in [0.1, 0.15) is 19.5 Å². The molecule has 1 fully saturated rings. The Bertz CT molecular complexity index is 1360. The minimum absolute atomic E-state index is 0.0468. The van der Waals surface area contributed by atoms with Crippen LogP contribution >= 0.6 is 15.9 Å².